The van der Waals surface area contributed by atoms with E-state index >= 15 is 0 Å². The van der Waals surface area contributed by atoms with Crippen LogP contribution < -0.4 is 4.74 Å². The van der Waals surface area contributed by atoms with Crippen molar-refractivity contribution in [2.45, 2.75) is 46.0 Å². The lowest BCUT2D eigenvalue weighted by atomic mass is 9.86. The highest BCUT2D eigenvalue weighted by Crippen LogP contribution is 2.32. The Bertz CT molecular complexity index is 424. The van der Waals surface area contributed by atoms with Crippen molar-refractivity contribution < 1.29 is 14.6 Å². The van der Waals surface area contributed by atoms with Gasteiger partial charge in [-0.15, -0.1) is 0 Å². The summed E-state index contributed by atoms with van der Waals surface area (Å²) in [6, 6.07) is 3.94. The van der Waals surface area contributed by atoms with Crippen LogP contribution in [0.4, 0.5) is 0 Å². The Morgan fingerprint density at radius 3 is 2.50 bits per heavy atom. The lowest BCUT2D eigenvalue weighted by Gasteiger charge is -2.19. The van der Waals surface area contributed by atoms with Gasteiger partial charge in [0.2, 0.25) is 0 Å². The van der Waals surface area contributed by atoms with Crippen LogP contribution >= 0.6 is 0 Å². The van der Waals surface area contributed by atoms with Gasteiger partial charge in [0.05, 0.1) is 13.5 Å². The molecule has 0 amide bonds. The molecule has 1 aromatic carbocycles. The predicted octanol–water partition coefficient (Wildman–Crippen LogP) is 3.67. The fourth-order valence-electron chi connectivity index (χ4n) is 2.41. The molecule has 0 bridgehead atoms. The third-order valence-corrected chi connectivity index (χ3v) is 3.50. The van der Waals surface area contributed by atoms with Crippen molar-refractivity contribution in [2.75, 3.05) is 7.11 Å². The van der Waals surface area contributed by atoms with Crippen LogP contribution in [0.5, 0.6) is 5.75 Å². The van der Waals surface area contributed by atoms with E-state index in [-0.39, 0.29) is 12.3 Å². The van der Waals surface area contributed by atoms with Gasteiger partial charge in [0, 0.05) is 0 Å². The first kappa shape index (κ1) is 14.6. The minimum Gasteiger partial charge on any atom is -0.496 e. The molecule has 18 heavy (non-hydrogen) atoms. The molecule has 0 fully saturated rings. The van der Waals surface area contributed by atoms with E-state index in [4.69, 9.17) is 9.84 Å². The number of benzene rings is 1. The summed E-state index contributed by atoms with van der Waals surface area (Å²) in [5.41, 5.74) is 3.38. The Balaban J connectivity index is 3.12. The van der Waals surface area contributed by atoms with E-state index in [2.05, 4.69) is 6.92 Å². The largest absolute Gasteiger partial charge is 0.496 e. The maximum absolute atomic E-state index is 11.0. The summed E-state index contributed by atoms with van der Waals surface area (Å²) in [4.78, 5) is 11.0. The number of hydrogen-bond donors (Lipinski definition) is 1. The SMILES string of the molecule is CCCC(CC(=O)O)c1ccc(OC)c(C)c1C. The summed E-state index contributed by atoms with van der Waals surface area (Å²) in [5, 5.41) is 9.01. The highest BCUT2D eigenvalue weighted by Gasteiger charge is 2.18. The van der Waals surface area contributed by atoms with Crippen LogP contribution in [0.3, 0.4) is 0 Å². The third-order valence-electron chi connectivity index (χ3n) is 3.50. The number of carboxylic acid groups (broad SMARTS) is 1. The molecular formula is C15H22O3. The molecule has 0 saturated carbocycles. The lowest BCUT2D eigenvalue weighted by Crippen LogP contribution is -2.08. The van der Waals surface area contributed by atoms with Crippen molar-refractivity contribution >= 4 is 5.97 Å². The second kappa shape index (κ2) is 6.43. The molecule has 1 aromatic rings. The van der Waals surface area contributed by atoms with Crippen LogP contribution in [-0.2, 0) is 4.79 Å². The van der Waals surface area contributed by atoms with Gasteiger partial charge in [-0.25, -0.2) is 0 Å². The number of carboxylic acids is 1. The second-order valence-corrected chi connectivity index (χ2v) is 4.69. The van der Waals surface area contributed by atoms with Crippen molar-refractivity contribution in [2.24, 2.45) is 0 Å². The summed E-state index contributed by atoms with van der Waals surface area (Å²) in [6.45, 7) is 6.14. The van der Waals surface area contributed by atoms with E-state index in [0.717, 1.165) is 35.3 Å². The van der Waals surface area contributed by atoms with E-state index in [0.29, 0.717) is 0 Å². The summed E-state index contributed by atoms with van der Waals surface area (Å²) in [6.07, 6.45) is 2.09. The van der Waals surface area contributed by atoms with E-state index in [9.17, 15) is 4.79 Å². The maximum atomic E-state index is 11.0. The normalized spacial score (nSPS) is 12.2. The smallest absolute Gasteiger partial charge is 0.303 e. The first-order chi connectivity index (χ1) is 8.51. The first-order valence-corrected chi connectivity index (χ1v) is 6.37. The summed E-state index contributed by atoms with van der Waals surface area (Å²) < 4.78 is 5.29. The van der Waals surface area contributed by atoms with Gasteiger partial charge < -0.3 is 9.84 Å². The molecular weight excluding hydrogens is 228 g/mol. The highest BCUT2D eigenvalue weighted by atomic mass is 16.5. The van der Waals surface area contributed by atoms with Gasteiger partial charge in [0.1, 0.15) is 5.75 Å². The van der Waals surface area contributed by atoms with Crippen molar-refractivity contribution in [1.29, 1.82) is 0 Å². The van der Waals surface area contributed by atoms with Crippen molar-refractivity contribution in [1.82, 2.24) is 0 Å². The molecule has 0 radical (unpaired) electrons. The van der Waals surface area contributed by atoms with E-state index in [1.54, 1.807) is 7.11 Å². The Hall–Kier alpha value is -1.51. The van der Waals surface area contributed by atoms with E-state index in [1.807, 2.05) is 26.0 Å². The van der Waals surface area contributed by atoms with E-state index < -0.39 is 5.97 Å². The Kier molecular flexibility index (Phi) is 5.20. The van der Waals surface area contributed by atoms with Crippen LogP contribution in [0.1, 0.15) is 48.8 Å². The van der Waals surface area contributed by atoms with Crippen molar-refractivity contribution in [3.8, 4) is 5.75 Å². The number of aliphatic carboxylic acids is 1. The molecule has 3 heteroatoms. The first-order valence-electron chi connectivity index (χ1n) is 6.37. The standard InChI is InChI=1S/C15H22O3/c1-5-6-12(9-15(16)17)13-7-8-14(18-4)11(3)10(13)2/h7-8,12H,5-6,9H2,1-4H3,(H,16,17). The Morgan fingerprint density at radius 2 is 2.00 bits per heavy atom. The van der Waals surface area contributed by atoms with Crippen LogP contribution in [0.15, 0.2) is 12.1 Å². The fraction of sp³-hybridized carbons (Fsp3) is 0.533. The maximum Gasteiger partial charge on any atom is 0.303 e. The minimum absolute atomic E-state index is 0.0945. The number of ether oxygens (including phenoxy) is 1. The van der Waals surface area contributed by atoms with Gasteiger partial charge >= 0.3 is 5.97 Å². The zero-order valence-corrected chi connectivity index (χ0v) is 11.6. The average Bonchev–Trinajstić information content (AvgIpc) is 2.31. The highest BCUT2D eigenvalue weighted by molar-refractivity contribution is 5.68. The zero-order valence-electron chi connectivity index (χ0n) is 11.6. The van der Waals surface area contributed by atoms with Crippen LogP contribution in [-0.4, -0.2) is 18.2 Å². The molecule has 1 rings (SSSR count). The Morgan fingerprint density at radius 1 is 1.33 bits per heavy atom. The monoisotopic (exact) mass is 250 g/mol. The topological polar surface area (TPSA) is 46.5 Å². The van der Waals surface area contributed by atoms with Crippen LogP contribution in [0, 0.1) is 13.8 Å². The quantitative estimate of drug-likeness (QED) is 0.838. The minimum atomic E-state index is -0.735. The molecule has 0 heterocycles. The van der Waals surface area contributed by atoms with Gasteiger partial charge in [-0.05, 0) is 48.9 Å². The molecule has 1 atom stereocenters. The fourth-order valence-corrected chi connectivity index (χ4v) is 2.41. The molecule has 0 saturated heterocycles. The molecule has 0 aliphatic heterocycles. The van der Waals surface area contributed by atoms with Gasteiger partial charge in [-0.1, -0.05) is 19.4 Å². The number of methoxy groups -OCH3 is 1. The average molecular weight is 250 g/mol. The number of rotatable bonds is 6. The molecule has 0 aliphatic carbocycles. The predicted molar refractivity (Wildman–Crippen MR) is 72.4 cm³/mol. The van der Waals surface area contributed by atoms with Gasteiger partial charge in [0.25, 0.3) is 0 Å². The summed E-state index contributed by atoms with van der Waals surface area (Å²) in [5.74, 6) is 0.222. The third kappa shape index (κ3) is 3.25. The molecule has 0 aliphatic rings. The molecule has 100 valence electrons. The van der Waals surface area contributed by atoms with Gasteiger partial charge in [-0.3, -0.25) is 4.79 Å². The lowest BCUT2D eigenvalue weighted by molar-refractivity contribution is -0.137. The molecule has 0 spiro atoms. The molecule has 3 nitrogen and oxygen atoms in total. The van der Waals surface area contributed by atoms with Crippen molar-refractivity contribution in [3.05, 3.63) is 28.8 Å². The summed E-state index contributed by atoms with van der Waals surface area (Å²) >= 11 is 0. The second-order valence-electron chi connectivity index (χ2n) is 4.69. The van der Waals surface area contributed by atoms with Gasteiger partial charge in [0.15, 0.2) is 0 Å². The number of hydrogen-bond acceptors (Lipinski definition) is 2. The molecule has 0 aromatic heterocycles. The Labute approximate surface area is 109 Å². The number of carbonyl (C=O) groups is 1. The van der Waals surface area contributed by atoms with E-state index in [1.165, 1.54) is 0 Å². The summed E-state index contributed by atoms with van der Waals surface area (Å²) in [7, 11) is 1.65. The molecule has 1 unspecified atom stereocenters. The van der Waals surface area contributed by atoms with Gasteiger partial charge in [-0.2, -0.15) is 0 Å². The van der Waals surface area contributed by atoms with Crippen LogP contribution in [0.25, 0.3) is 0 Å². The van der Waals surface area contributed by atoms with Crippen LogP contribution in [0.2, 0.25) is 0 Å². The zero-order chi connectivity index (χ0) is 13.7. The van der Waals surface area contributed by atoms with Crippen molar-refractivity contribution in [3.63, 3.8) is 0 Å². The molecule has 1 N–H and O–H groups in total.